The zero-order chi connectivity index (χ0) is 14.4. The molecule has 0 spiro atoms. The lowest BCUT2D eigenvalue weighted by atomic mass is 9.94. The van der Waals surface area contributed by atoms with E-state index in [0.29, 0.717) is 11.8 Å². The van der Waals surface area contributed by atoms with Gasteiger partial charge in [0.05, 0.1) is 11.6 Å². The first-order valence-electron chi connectivity index (χ1n) is 7.18. The summed E-state index contributed by atoms with van der Waals surface area (Å²) in [4.78, 5) is 12.2. The number of rotatable bonds is 6. The maximum absolute atomic E-state index is 12.2. The van der Waals surface area contributed by atoms with Crippen molar-refractivity contribution in [2.24, 2.45) is 0 Å². The van der Waals surface area contributed by atoms with Crippen LogP contribution >= 0.6 is 15.9 Å². The molecule has 2 unspecified atom stereocenters. The molecule has 4 heteroatoms. The van der Waals surface area contributed by atoms with E-state index in [1.807, 2.05) is 37.3 Å². The highest BCUT2D eigenvalue weighted by Crippen LogP contribution is 2.23. The fourth-order valence-electron chi connectivity index (χ4n) is 2.52. The third-order valence-corrected chi connectivity index (χ3v) is 4.93. The SMILES string of the molecule is CC(CBr)(NC(=O)CCC1CCCO1)c1ccccc1. The Kier molecular flexibility index (Phi) is 5.61. The second kappa shape index (κ2) is 7.23. The first-order chi connectivity index (χ1) is 9.64. The van der Waals surface area contributed by atoms with Crippen LogP contribution in [-0.2, 0) is 15.1 Å². The quantitative estimate of drug-likeness (QED) is 0.807. The standard InChI is InChI=1S/C16H22BrNO2/c1-16(12-17,13-6-3-2-4-7-13)18-15(19)10-9-14-8-5-11-20-14/h2-4,6-7,14H,5,8-12H2,1H3,(H,18,19). The summed E-state index contributed by atoms with van der Waals surface area (Å²) in [6.45, 7) is 2.89. The Bertz CT molecular complexity index is 431. The van der Waals surface area contributed by atoms with Crippen molar-refractivity contribution in [3.63, 3.8) is 0 Å². The number of ether oxygens (including phenoxy) is 1. The van der Waals surface area contributed by atoms with Crippen LogP contribution in [0.15, 0.2) is 30.3 Å². The topological polar surface area (TPSA) is 38.3 Å². The van der Waals surface area contributed by atoms with Crippen molar-refractivity contribution in [3.05, 3.63) is 35.9 Å². The monoisotopic (exact) mass is 339 g/mol. The number of carbonyl (C=O) groups is 1. The van der Waals surface area contributed by atoms with Crippen molar-refractivity contribution < 1.29 is 9.53 Å². The molecule has 1 aromatic carbocycles. The van der Waals surface area contributed by atoms with Gasteiger partial charge in [-0.15, -0.1) is 0 Å². The zero-order valence-corrected chi connectivity index (χ0v) is 13.5. The van der Waals surface area contributed by atoms with Crippen LogP contribution in [0.25, 0.3) is 0 Å². The molecule has 0 aliphatic carbocycles. The summed E-state index contributed by atoms with van der Waals surface area (Å²) < 4.78 is 5.56. The summed E-state index contributed by atoms with van der Waals surface area (Å²) in [7, 11) is 0. The molecule has 110 valence electrons. The smallest absolute Gasteiger partial charge is 0.220 e. The van der Waals surface area contributed by atoms with Gasteiger partial charge in [0.2, 0.25) is 5.91 Å². The normalized spacial score (nSPS) is 21.4. The molecule has 1 aliphatic heterocycles. The number of amides is 1. The molecule has 1 fully saturated rings. The molecule has 2 atom stereocenters. The van der Waals surface area contributed by atoms with Gasteiger partial charge < -0.3 is 10.1 Å². The van der Waals surface area contributed by atoms with Gasteiger partial charge in [-0.2, -0.15) is 0 Å². The molecule has 0 radical (unpaired) electrons. The molecule has 1 saturated heterocycles. The van der Waals surface area contributed by atoms with Gasteiger partial charge >= 0.3 is 0 Å². The summed E-state index contributed by atoms with van der Waals surface area (Å²) in [5, 5.41) is 3.83. The number of carbonyl (C=O) groups excluding carboxylic acids is 1. The van der Waals surface area contributed by atoms with Gasteiger partial charge in [0.15, 0.2) is 0 Å². The zero-order valence-electron chi connectivity index (χ0n) is 11.9. The average molecular weight is 340 g/mol. The number of halogens is 1. The Hall–Kier alpha value is -0.870. The van der Waals surface area contributed by atoms with E-state index in [2.05, 4.69) is 21.2 Å². The minimum absolute atomic E-state index is 0.0892. The number of hydrogen-bond donors (Lipinski definition) is 1. The molecule has 0 aromatic heterocycles. The molecule has 3 nitrogen and oxygen atoms in total. The van der Waals surface area contributed by atoms with Gasteiger partial charge in [-0.1, -0.05) is 46.3 Å². The Balaban J connectivity index is 1.90. The fraction of sp³-hybridized carbons (Fsp3) is 0.562. The highest BCUT2D eigenvalue weighted by molar-refractivity contribution is 9.09. The first kappa shape index (κ1) is 15.5. The highest BCUT2D eigenvalue weighted by atomic mass is 79.9. The van der Waals surface area contributed by atoms with Crippen molar-refractivity contribution >= 4 is 21.8 Å². The van der Waals surface area contributed by atoms with Crippen LogP contribution in [0.2, 0.25) is 0 Å². The Morgan fingerprint density at radius 1 is 1.45 bits per heavy atom. The second-order valence-corrected chi connectivity index (χ2v) is 6.11. The van der Waals surface area contributed by atoms with Gasteiger partial charge in [0.1, 0.15) is 0 Å². The van der Waals surface area contributed by atoms with E-state index >= 15 is 0 Å². The average Bonchev–Trinajstić information content (AvgIpc) is 2.99. The third-order valence-electron chi connectivity index (χ3n) is 3.81. The lowest BCUT2D eigenvalue weighted by Gasteiger charge is -2.29. The lowest BCUT2D eigenvalue weighted by Crippen LogP contribution is -2.45. The maximum atomic E-state index is 12.2. The van der Waals surface area contributed by atoms with Crippen LogP contribution in [0.3, 0.4) is 0 Å². The van der Waals surface area contributed by atoms with Crippen molar-refractivity contribution in [2.45, 2.75) is 44.2 Å². The highest BCUT2D eigenvalue weighted by Gasteiger charge is 2.27. The largest absolute Gasteiger partial charge is 0.378 e. The van der Waals surface area contributed by atoms with Crippen LogP contribution in [0.1, 0.15) is 38.2 Å². The molecule has 1 amide bonds. The Labute approximate surface area is 129 Å². The molecular formula is C16H22BrNO2. The van der Waals surface area contributed by atoms with Crippen LogP contribution in [0.4, 0.5) is 0 Å². The van der Waals surface area contributed by atoms with Gasteiger partial charge in [-0.25, -0.2) is 0 Å². The summed E-state index contributed by atoms with van der Waals surface area (Å²) in [5.74, 6) is 0.0892. The van der Waals surface area contributed by atoms with E-state index in [-0.39, 0.29) is 17.6 Å². The molecule has 1 aliphatic rings. The fourth-order valence-corrected chi connectivity index (χ4v) is 2.99. The van der Waals surface area contributed by atoms with Gasteiger partial charge in [-0.3, -0.25) is 4.79 Å². The Morgan fingerprint density at radius 3 is 2.80 bits per heavy atom. The summed E-state index contributed by atoms with van der Waals surface area (Å²) in [5.41, 5.74) is 0.747. The van der Waals surface area contributed by atoms with Crippen molar-refractivity contribution in [3.8, 4) is 0 Å². The van der Waals surface area contributed by atoms with Gasteiger partial charge in [-0.05, 0) is 31.7 Å². The number of nitrogens with one attached hydrogen (secondary N) is 1. The van der Waals surface area contributed by atoms with E-state index in [1.54, 1.807) is 0 Å². The van der Waals surface area contributed by atoms with Gasteiger partial charge in [0.25, 0.3) is 0 Å². The van der Waals surface area contributed by atoms with Gasteiger partial charge in [0, 0.05) is 18.4 Å². The number of hydrogen-bond acceptors (Lipinski definition) is 2. The third kappa shape index (κ3) is 4.06. The number of alkyl halides is 1. The van der Waals surface area contributed by atoms with E-state index in [1.165, 1.54) is 0 Å². The number of benzene rings is 1. The van der Waals surface area contributed by atoms with Crippen LogP contribution in [-0.4, -0.2) is 23.9 Å². The molecule has 2 rings (SSSR count). The summed E-state index contributed by atoms with van der Waals surface area (Å²) in [6.07, 6.45) is 3.82. The first-order valence-corrected chi connectivity index (χ1v) is 8.30. The molecule has 0 bridgehead atoms. The van der Waals surface area contributed by atoms with Crippen LogP contribution < -0.4 is 5.32 Å². The predicted molar refractivity (Wildman–Crippen MR) is 83.9 cm³/mol. The molecule has 1 aromatic rings. The van der Waals surface area contributed by atoms with Crippen LogP contribution in [0, 0.1) is 0 Å². The van der Waals surface area contributed by atoms with Crippen LogP contribution in [0.5, 0.6) is 0 Å². The lowest BCUT2D eigenvalue weighted by molar-refractivity contribution is -0.123. The molecule has 1 N–H and O–H groups in total. The van der Waals surface area contributed by atoms with E-state index in [9.17, 15) is 4.79 Å². The molecule has 0 saturated carbocycles. The maximum Gasteiger partial charge on any atom is 0.220 e. The van der Waals surface area contributed by atoms with Crippen molar-refractivity contribution in [1.29, 1.82) is 0 Å². The Morgan fingerprint density at radius 2 is 2.20 bits per heavy atom. The van der Waals surface area contributed by atoms with Crippen molar-refractivity contribution in [2.75, 3.05) is 11.9 Å². The molecule has 20 heavy (non-hydrogen) atoms. The molecule has 1 heterocycles. The van der Waals surface area contributed by atoms with E-state index < -0.39 is 0 Å². The second-order valence-electron chi connectivity index (χ2n) is 5.55. The van der Waals surface area contributed by atoms with E-state index in [4.69, 9.17) is 4.74 Å². The minimum atomic E-state index is -0.366. The summed E-state index contributed by atoms with van der Waals surface area (Å²) >= 11 is 3.52. The van der Waals surface area contributed by atoms with Crippen molar-refractivity contribution in [1.82, 2.24) is 5.32 Å². The minimum Gasteiger partial charge on any atom is -0.378 e. The van der Waals surface area contributed by atoms with E-state index in [0.717, 1.165) is 31.4 Å². The molecular weight excluding hydrogens is 318 g/mol. The predicted octanol–water partition coefficient (Wildman–Crippen LogP) is 3.37. The summed E-state index contributed by atoms with van der Waals surface area (Å²) in [6, 6.07) is 10.1.